The van der Waals surface area contributed by atoms with E-state index in [0.29, 0.717) is 17.7 Å². The first-order chi connectivity index (χ1) is 10.6. The average Bonchev–Trinajstić information content (AvgIpc) is 3.07. The van der Waals surface area contributed by atoms with Gasteiger partial charge in [0.15, 0.2) is 0 Å². The first-order valence-corrected chi connectivity index (χ1v) is 7.30. The highest BCUT2D eigenvalue weighted by molar-refractivity contribution is 5.95. The second kappa shape index (κ2) is 7.45. The van der Waals surface area contributed by atoms with Gasteiger partial charge in [-0.2, -0.15) is 0 Å². The molecule has 0 aliphatic heterocycles. The Balaban J connectivity index is 1.96. The third kappa shape index (κ3) is 4.22. The molecule has 0 unspecified atom stereocenters. The molecule has 0 radical (unpaired) electrons. The zero-order valence-electron chi connectivity index (χ0n) is 12.8. The first-order valence-electron chi connectivity index (χ1n) is 7.30. The average molecular weight is 300 g/mol. The highest BCUT2D eigenvalue weighted by Gasteiger charge is 2.10. The fraction of sp³-hybridized carbons (Fsp3) is 0.294. The Morgan fingerprint density at radius 3 is 2.68 bits per heavy atom. The molecule has 2 amide bonds. The Bertz CT molecular complexity index is 635. The van der Waals surface area contributed by atoms with Crippen molar-refractivity contribution in [2.75, 3.05) is 0 Å². The smallest absolute Gasteiger partial charge is 0.254 e. The van der Waals surface area contributed by atoms with Crippen LogP contribution in [0.4, 0.5) is 0 Å². The van der Waals surface area contributed by atoms with Crippen LogP contribution in [0.15, 0.2) is 47.3 Å². The van der Waals surface area contributed by atoms with Gasteiger partial charge in [0.2, 0.25) is 0 Å². The normalized spacial score (nSPS) is 11.7. The van der Waals surface area contributed by atoms with Gasteiger partial charge in [-0.1, -0.05) is 19.1 Å². The van der Waals surface area contributed by atoms with E-state index < -0.39 is 0 Å². The van der Waals surface area contributed by atoms with E-state index >= 15 is 0 Å². The number of benzene rings is 1. The summed E-state index contributed by atoms with van der Waals surface area (Å²) in [7, 11) is 0. The van der Waals surface area contributed by atoms with Gasteiger partial charge < -0.3 is 15.1 Å². The van der Waals surface area contributed by atoms with Crippen molar-refractivity contribution in [2.45, 2.75) is 32.9 Å². The van der Waals surface area contributed by atoms with Crippen molar-refractivity contribution in [2.24, 2.45) is 0 Å². The summed E-state index contributed by atoms with van der Waals surface area (Å²) < 4.78 is 4.87. The molecule has 2 rings (SSSR count). The third-order valence-electron chi connectivity index (χ3n) is 3.42. The molecule has 5 heteroatoms. The fourth-order valence-electron chi connectivity index (χ4n) is 1.91. The summed E-state index contributed by atoms with van der Waals surface area (Å²) in [6.07, 6.45) is 3.73. The summed E-state index contributed by atoms with van der Waals surface area (Å²) in [5, 5.41) is 5.71. The van der Waals surface area contributed by atoms with Crippen LogP contribution in [0.3, 0.4) is 0 Å². The summed E-state index contributed by atoms with van der Waals surface area (Å²) >= 11 is 0. The molecule has 0 saturated carbocycles. The number of furan rings is 1. The summed E-state index contributed by atoms with van der Waals surface area (Å²) in [5.74, 6) is -0.305. The predicted octanol–water partition coefficient (Wildman–Crippen LogP) is 2.74. The summed E-state index contributed by atoms with van der Waals surface area (Å²) in [4.78, 5) is 23.9. The monoisotopic (exact) mass is 300 g/mol. The fourth-order valence-corrected chi connectivity index (χ4v) is 1.91. The second-order valence-corrected chi connectivity index (χ2v) is 5.18. The van der Waals surface area contributed by atoms with Gasteiger partial charge >= 0.3 is 0 Å². The molecule has 0 aliphatic rings. The molecule has 0 fully saturated rings. The van der Waals surface area contributed by atoms with Gasteiger partial charge in [0.1, 0.15) is 6.26 Å². The Morgan fingerprint density at radius 1 is 1.18 bits per heavy atom. The van der Waals surface area contributed by atoms with Crippen molar-refractivity contribution in [3.8, 4) is 0 Å². The van der Waals surface area contributed by atoms with Crippen LogP contribution in [0.25, 0.3) is 0 Å². The SMILES string of the molecule is CC[C@@H](C)NC(=O)c1cccc(CNC(=O)c2ccoc2)c1. The molecular weight excluding hydrogens is 280 g/mol. The molecule has 2 N–H and O–H groups in total. The van der Waals surface area contributed by atoms with E-state index in [2.05, 4.69) is 10.6 Å². The molecule has 1 atom stereocenters. The van der Waals surface area contributed by atoms with Gasteiger partial charge in [0.05, 0.1) is 11.8 Å². The van der Waals surface area contributed by atoms with Gasteiger partial charge in [-0.3, -0.25) is 9.59 Å². The Labute approximate surface area is 129 Å². The lowest BCUT2D eigenvalue weighted by molar-refractivity contribution is 0.0936. The molecular formula is C17H20N2O3. The maximum Gasteiger partial charge on any atom is 0.254 e. The summed E-state index contributed by atoms with van der Waals surface area (Å²) in [6.45, 7) is 4.34. The summed E-state index contributed by atoms with van der Waals surface area (Å²) in [6, 6.07) is 8.97. The number of nitrogens with one attached hydrogen (secondary N) is 2. The number of rotatable bonds is 6. The highest BCUT2D eigenvalue weighted by Crippen LogP contribution is 2.07. The van der Waals surface area contributed by atoms with Crippen molar-refractivity contribution in [3.63, 3.8) is 0 Å². The lowest BCUT2D eigenvalue weighted by Gasteiger charge is -2.12. The molecule has 0 spiro atoms. The maximum absolute atomic E-state index is 12.1. The van der Waals surface area contributed by atoms with Gasteiger partial charge in [-0.05, 0) is 37.1 Å². The minimum Gasteiger partial charge on any atom is -0.472 e. The molecule has 116 valence electrons. The number of hydrogen-bond donors (Lipinski definition) is 2. The molecule has 22 heavy (non-hydrogen) atoms. The van der Waals surface area contributed by atoms with Crippen LogP contribution in [0.5, 0.6) is 0 Å². The minimum absolute atomic E-state index is 0.0997. The third-order valence-corrected chi connectivity index (χ3v) is 3.42. The quantitative estimate of drug-likeness (QED) is 0.861. The molecule has 0 aliphatic carbocycles. The van der Waals surface area contributed by atoms with Gasteiger partial charge in [0.25, 0.3) is 11.8 Å². The van der Waals surface area contributed by atoms with E-state index in [1.807, 2.05) is 26.0 Å². The standard InChI is InChI=1S/C17H20N2O3/c1-3-12(2)19-17(21)14-6-4-5-13(9-14)10-18-16(20)15-7-8-22-11-15/h4-9,11-12H,3,10H2,1-2H3,(H,18,20)(H,19,21)/t12-/m1/s1. The number of carbonyl (C=O) groups excluding carboxylic acids is 2. The predicted molar refractivity (Wildman–Crippen MR) is 83.5 cm³/mol. The molecule has 1 aromatic carbocycles. The first kappa shape index (κ1) is 15.8. The van der Waals surface area contributed by atoms with Crippen LogP contribution in [0.2, 0.25) is 0 Å². The zero-order valence-corrected chi connectivity index (χ0v) is 12.8. The highest BCUT2D eigenvalue weighted by atomic mass is 16.3. The molecule has 0 saturated heterocycles. The van der Waals surface area contributed by atoms with Crippen molar-refractivity contribution in [3.05, 3.63) is 59.5 Å². The number of amides is 2. The minimum atomic E-state index is -0.205. The van der Waals surface area contributed by atoms with Gasteiger partial charge in [-0.15, -0.1) is 0 Å². The number of hydrogen-bond acceptors (Lipinski definition) is 3. The van der Waals surface area contributed by atoms with E-state index in [4.69, 9.17) is 4.42 Å². The van der Waals surface area contributed by atoms with Crippen molar-refractivity contribution >= 4 is 11.8 Å². The van der Waals surface area contributed by atoms with Crippen LogP contribution in [0, 0.1) is 0 Å². The van der Waals surface area contributed by atoms with Crippen LogP contribution < -0.4 is 10.6 Å². The summed E-state index contributed by atoms with van der Waals surface area (Å²) in [5.41, 5.74) is 1.94. The largest absolute Gasteiger partial charge is 0.472 e. The van der Waals surface area contributed by atoms with Crippen molar-refractivity contribution in [1.29, 1.82) is 0 Å². The molecule has 0 bridgehead atoms. The number of carbonyl (C=O) groups is 2. The molecule has 1 heterocycles. The zero-order chi connectivity index (χ0) is 15.9. The second-order valence-electron chi connectivity index (χ2n) is 5.18. The topological polar surface area (TPSA) is 71.3 Å². The van der Waals surface area contributed by atoms with Gasteiger partial charge in [-0.25, -0.2) is 0 Å². The maximum atomic E-state index is 12.1. The van der Waals surface area contributed by atoms with Crippen LogP contribution in [-0.4, -0.2) is 17.9 Å². The van der Waals surface area contributed by atoms with Crippen LogP contribution in [0.1, 0.15) is 46.5 Å². The lowest BCUT2D eigenvalue weighted by atomic mass is 10.1. The Kier molecular flexibility index (Phi) is 5.36. The van der Waals surface area contributed by atoms with Crippen LogP contribution in [-0.2, 0) is 6.54 Å². The van der Waals surface area contributed by atoms with Crippen LogP contribution >= 0.6 is 0 Å². The Hall–Kier alpha value is -2.56. The van der Waals surface area contributed by atoms with E-state index in [1.54, 1.807) is 18.2 Å². The molecule has 1 aromatic heterocycles. The lowest BCUT2D eigenvalue weighted by Crippen LogP contribution is -2.32. The van der Waals surface area contributed by atoms with E-state index in [1.165, 1.54) is 12.5 Å². The van der Waals surface area contributed by atoms with E-state index in [0.717, 1.165) is 12.0 Å². The van der Waals surface area contributed by atoms with Crippen molar-refractivity contribution in [1.82, 2.24) is 10.6 Å². The molecule has 2 aromatic rings. The van der Waals surface area contributed by atoms with Gasteiger partial charge in [0, 0.05) is 18.2 Å². The Morgan fingerprint density at radius 2 is 2.00 bits per heavy atom. The van der Waals surface area contributed by atoms with E-state index in [-0.39, 0.29) is 17.9 Å². The molecule has 5 nitrogen and oxygen atoms in total. The van der Waals surface area contributed by atoms with E-state index in [9.17, 15) is 9.59 Å². The van der Waals surface area contributed by atoms with Crippen molar-refractivity contribution < 1.29 is 14.0 Å².